The van der Waals surface area contributed by atoms with Crippen LogP contribution in [-0.2, 0) is 5.75 Å². The number of nitro benzene ring substituents is 1. The summed E-state index contributed by atoms with van der Waals surface area (Å²) in [6.07, 6.45) is 2.14. The van der Waals surface area contributed by atoms with E-state index in [-0.39, 0.29) is 17.3 Å². The number of carbonyl (C=O) groups is 1. The summed E-state index contributed by atoms with van der Waals surface area (Å²) in [5.74, 6) is 1.35. The van der Waals surface area contributed by atoms with Crippen molar-refractivity contribution in [2.75, 3.05) is 5.32 Å². The summed E-state index contributed by atoms with van der Waals surface area (Å²) in [7, 11) is 0. The van der Waals surface area contributed by atoms with Gasteiger partial charge in [-0.25, -0.2) is 0 Å². The number of nitrogens with one attached hydrogen (secondary N) is 1. The van der Waals surface area contributed by atoms with E-state index in [0.29, 0.717) is 21.1 Å². The molecule has 0 saturated heterocycles. The number of thioether (sulfide) groups is 1. The van der Waals surface area contributed by atoms with E-state index in [9.17, 15) is 14.9 Å². The van der Waals surface area contributed by atoms with Gasteiger partial charge in [-0.2, -0.15) is 0 Å². The Balaban J connectivity index is 1.32. The van der Waals surface area contributed by atoms with Crippen LogP contribution in [0.15, 0.2) is 39.2 Å². The minimum Gasteiger partial charge on any atom is -0.360 e. The van der Waals surface area contributed by atoms with Crippen molar-refractivity contribution in [1.29, 1.82) is 0 Å². The molecule has 0 bridgehead atoms. The van der Waals surface area contributed by atoms with Crippen LogP contribution < -0.4 is 5.32 Å². The number of hydrogen-bond donors (Lipinski definition) is 1. The first kappa shape index (κ1) is 17.6. The summed E-state index contributed by atoms with van der Waals surface area (Å²) in [5, 5.41) is 25.5. The molecule has 1 aliphatic rings. The first-order valence-electron chi connectivity index (χ1n) is 8.06. The van der Waals surface area contributed by atoms with Gasteiger partial charge in [0.15, 0.2) is 10.0 Å². The fourth-order valence-corrected chi connectivity index (χ4v) is 4.00. The van der Waals surface area contributed by atoms with Crippen LogP contribution in [0.2, 0.25) is 0 Å². The molecule has 0 spiro atoms. The van der Waals surface area contributed by atoms with E-state index in [1.807, 2.05) is 0 Å². The molecule has 1 aliphatic carbocycles. The number of nitrogens with zero attached hydrogens (tertiary/aromatic N) is 4. The molecular weight excluding hydrogens is 390 g/mol. The van der Waals surface area contributed by atoms with Crippen molar-refractivity contribution in [2.45, 2.75) is 28.9 Å². The molecular formula is C16H13N5O4S2. The van der Waals surface area contributed by atoms with Crippen LogP contribution in [0.25, 0.3) is 0 Å². The second-order valence-corrected chi connectivity index (χ2v) is 8.13. The molecule has 4 rings (SSSR count). The van der Waals surface area contributed by atoms with Crippen LogP contribution in [0.3, 0.4) is 0 Å². The lowest BCUT2D eigenvalue weighted by Crippen LogP contribution is -2.11. The molecule has 1 amide bonds. The zero-order valence-corrected chi connectivity index (χ0v) is 15.5. The molecule has 0 unspecified atom stereocenters. The van der Waals surface area contributed by atoms with Crippen molar-refractivity contribution < 1.29 is 14.2 Å². The predicted molar refractivity (Wildman–Crippen MR) is 99.0 cm³/mol. The van der Waals surface area contributed by atoms with Crippen LogP contribution in [0.5, 0.6) is 0 Å². The summed E-state index contributed by atoms with van der Waals surface area (Å²) in [5.41, 5.74) is 1.22. The third-order valence-electron chi connectivity index (χ3n) is 3.88. The summed E-state index contributed by atoms with van der Waals surface area (Å²) < 4.78 is 5.86. The van der Waals surface area contributed by atoms with E-state index >= 15 is 0 Å². The second-order valence-electron chi connectivity index (χ2n) is 5.93. The molecule has 138 valence electrons. The monoisotopic (exact) mass is 403 g/mol. The number of nitro groups is 1. The van der Waals surface area contributed by atoms with Gasteiger partial charge >= 0.3 is 0 Å². The fourth-order valence-electron chi connectivity index (χ4n) is 2.30. The van der Waals surface area contributed by atoms with Crippen LogP contribution in [0.1, 0.15) is 40.6 Å². The van der Waals surface area contributed by atoms with Crippen molar-refractivity contribution in [3.8, 4) is 0 Å². The summed E-state index contributed by atoms with van der Waals surface area (Å²) >= 11 is 2.69. The molecule has 2 aromatic heterocycles. The molecule has 2 heterocycles. The Morgan fingerprint density at radius 2 is 2.11 bits per heavy atom. The van der Waals surface area contributed by atoms with E-state index < -0.39 is 4.92 Å². The number of hydrogen-bond acceptors (Lipinski definition) is 9. The Labute approximate surface area is 161 Å². The average Bonchev–Trinajstić information content (AvgIpc) is 3.22. The number of amides is 1. The highest BCUT2D eigenvalue weighted by Crippen LogP contribution is 2.40. The van der Waals surface area contributed by atoms with E-state index in [1.165, 1.54) is 35.2 Å². The minimum atomic E-state index is -0.431. The van der Waals surface area contributed by atoms with Gasteiger partial charge in [0.2, 0.25) is 5.13 Å². The number of rotatable bonds is 7. The van der Waals surface area contributed by atoms with Crippen molar-refractivity contribution in [1.82, 2.24) is 15.4 Å². The Morgan fingerprint density at radius 3 is 2.81 bits per heavy atom. The zero-order chi connectivity index (χ0) is 18.8. The maximum atomic E-state index is 12.2. The molecule has 1 N–H and O–H groups in total. The molecule has 9 nitrogen and oxygen atoms in total. The number of carbonyl (C=O) groups excluding carboxylic acids is 1. The number of anilines is 1. The van der Waals surface area contributed by atoms with E-state index in [2.05, 4.69) is 20.7 Å². The van der Waals surface area contributed by atoms with E-state index in [0.717, 1.165) is 24.2 Å². The second kappa shape index (κ2) is 7.45. The van der Waals surface area contributed by atoms with Crippen LogP contribution >= 0.6 is 23.1 Å². The van der Waals surface area contributed by atoms with E-state index in [1.54, 1.807) is 18.2 Å². The van der Waals surface area contributed by atoms with Gasteiger partial charge in [0, 0.05) is 29.9 Å². The van der Waals surface area contributed by atoms with Crippen molar-refractivity contribution in [2.24, 2.45) is 0 Å². The first-order chi connectivity index (χ1) is 13.1. The molecule has 1 saturated carbocycles. The Morgan fingerprint density at radius 1 is 1.33 bits per heavy atom. The van der Waals surface area contributed by atoms with Crippen LogP contribution in [0.4, 0.5) is 10.8 Å². The molecule has 11 heteroatoms. The quantitative estimate of drug-likeness (QED) is 0.273. The van der Waals surface area contributed by atoms with Gasteiger partial charge in [-0.3, -0.25) is 20.2 Å². The molecule has 1 aromatic carbocycles. The lowest BCUT2D eigenvalue weighted by atomic mass is 10.2. The van der Waals surface area contributed by atoms with Crippen LogP contribution in [0, 0.1) is 10.1 Å². The molecule has 1 fully saturated rings. The fraction of sp³-hybridized carbons (Fsp3) is 0.250. The minimum absolute atomic E-state index is 0.0577. The Kier molecular flexibility index (Phi) is 4.86. The highest BCUT2D eigenvalue weighted by molar-refractivity contribution is 8.00. The van der Waals surface area contributed by atoms with E-state index in [4.69, 9.17) is 4.52 Å². The smallest absolute Gasteiger partial charge is 0.279 e. The summed E-state index contributed by atoms with van der Waals surface area (Å²) in [4.78, 5) is 22.4. The maximum absolute atomic E-state index is 12.2. The standard InChI is InChI=1S/C16H13N5O4S2/c22-14(12-7-13(25-20-12)10-3-4-10)17-15-18-19-16(27-15)26-8-9-1-5-11(6-2-9)21(23)24/h1-2,5-7,10H,3-4,8H2,(H,17,18,22). The highest BCUT2D eigenvalue weighted by atomic mass is 32.2. The van der Waals surface area contributed by atoms with Gasteiger partial charge in [0.25, 0.3) is 11.6 Å². The predicted octanol–water partition coefficient (Wildman–Crippen LogP) is 3.86. The number of non-ortho nitro benzene ring substituents is 1. The van der Waals surface area contributed by atoms with Gasteiger partial charge in [0.1, 0.15) is 5.76 Å². The molecule has 0 atom stereocenters. The van der Waals surface area contributed by atoms with Crippen molar-refractivity contribution >= 4 is 39.8 Å². The first-order valence-corrected chi connectivity index (χ1v) is 9.86. The van der Waals surface area contributed by atoms with Gasteiger partial charge < -0.3 is 4.52 Å². The number of aromatic nitrogens is 3. The number of benzene rings is 1. The average molecular weight is 403 g/mol. The summed E-state index contributed by atoms with van der Waals surface area (Å²) in [6, 6.07) is 8.01. The Bertz CT molecular complexity index is 981. The lowest BCUT2D eigenvalue weighted by Gasteiger charge is -1.98. The topological polar surface area (TPSA) is 124 Å². The van der Waals surface area contributed by atoms with Gasteiger partial charge in [0.05, 0.1) is 4.92 Å². The van der Waals surface area contributed by atoms with Gasteiger partial charge in [-0.05, 0) is 18.4 Å². The third-order valence-corrected chi connectivity index (χ3v) is 5.92. The molecule has 0 radical (unpaired) electrons. The SMILES string of the molecule is O=C(Nc1nnc(SCc2ccc([N+](=O)[O-])cc2)s1)c1cc(C2CC2)on1. The van der Waals surface area contributed by atoms with Gasteiger partial charge in [-0.1, -0.05) is 40.4 Å². The van der Waals surface area contributed by atoms with Gasteiger partial charge in [-0.15, -0.1) is 10.2 Å². The normalized spacial score (nSPS) is 13.5. The third kappa shape index (κ3) is 4.31. The maximum Gasteiger partial charge on any atom is 0.279 e. The largest absolute Gasteiger partial charge is 0.360 e. The van der Waals surface area contributed by atoms with Crippen molar-refractivity contribution in [3.63, 3.8) is 0 Å². The Hall–Kier alpha value is -2.79. The van der Waals surface area contributed by atoms with Crippen molar-refractivity contribution in [3.05, 3.63) is 57.5 Å². The highest BCUT2D eigenvalue weighted by Gasteiger charge is 2.29. The van der Waals surface area contributed by atoms with Crippen LogP contribution in [-0.4, -0.2) is 26.2 Å². The molecule has 0 aliphatic heterocycles. The molecule has 27 heavy (non-hydrogen) atoms. The summed E-state index contributed by atoms with van der Waals surface area (Å²) in [6.45, 7) is 0. The lowest BCUT2D eigenvalue weighted by molar-refractivity contribution is -0.384. The molecule has 3 aromatic rings. The zero-order valence-electron chi connectivity index (χ0n) is 13.8.